The number of carbonyl (C=O) groups is 4. The number of benzene rings is 1. The van der Waals surface area contributed by atoms with E-state index in [0.717, 1.165) is 0 Å². The van der Waals surface area contributed by atoms with Crippen LogP contribution in [0.3, 0.4) is 0 Å². The van der Waals surface area contributed by atoms with Crippen molar-refractivity contribution in [3.63, 3.8) is 0 Å². The average Bonchev–Trinajstić information content (AvgIpc) is 2.89. The minimum atomic E-state index is -1.07. The molecule has 0 saturated heterocycles. The van der Waals surface area contributed by atoms with Crippen LogP contribution in [0.2, 0.25) is 0 Å². The molecule has 4 atom stereocenters. The summed E-state index contributed by atoms with van der Waals surface area (Å²) < 4.78 is 26.9. The third-order valence-corrected chi connectivity index (χ3v) is 7.16. The molecule has 2 N–H and O–H groups in total. The van der Waals surface area contributed by atoms with Crippen LogP contribution in [0.1, 0.15) is 94.1 Å². The maximum atomic E-state index is 12.8. The fraction of sp³-hybridized carbons (Fsp3) is 0.667. The largest absolute Gasteiger partial charge is 0.508 e. The van der Waals surface area contributed by atoms with Crippen molar-refractivity contribution in [1.82, 2.24) is 0 Å². The van der Waals surface area contributed by atoms with Gasteiger partial charge in [0.05, 0.1) is 10.8 Å². The lowest BCUT2D eigenvalue weighted by Gasteiger charge is -2.24. The van der Waals surface area contributed by atoms with Crippen molar-refractivity contribution in [3.05, 3.63) is 23.8 Å². The molecule has 0 radical (unpaired) electrons. The zero-order valence-corrected chi connectivity index (χ0v) is 25.6. The zero-order valence-electron chi connectivity index (χ0n) is 25.6. The molecule has 1 rings (SSSR count). The fourth-order valence-electron chi connectivity index (χ4n) is 2.83. The molecule has 1 aromatic carbocycles. The van der Waals surface area contributed by atoms with Gasteiger partial charge in [-0.05, 0) is 91.8 Å². The highest BCUT2D eigenvalue weighted by atomic mass is 16.7. The Labute approximate surface area is 238 Å². The molecule has 1 unspecified atom stereocenters. The first kappa shape index (κ1) is 34.9. The van der Waals surface area contributed by atoms with Gasteiger partial charge >= 0.3 is 24.1 Å². The molecule has 0 aliphatic rings. The number of carbonyl (C=O) groups excluding carboxylic acids is 4. The van der Waals surface area contributed by atoms with Crippen molar-refractivity contribution >= 4 is 24.1 Å². The summed E-state index contributed by atoms with van der Waals surface area (Å²) in [6.07, 6.45) is -0.896. The summed E-state index contributed by atoms with van der Waals surface area (Å²) in [5, 5.41) is 0. The Morgan fingerprint density at radius 1 is 0.775 bits per heavy atom. The summed E-state index contributed by atoms with van der Waals surface area (Å²) in [7, 11) is 0. The molecule has 0 bridgehead atoms. The monoisotopic (exact) mass is 565 g/mol. The Morgan fingerprint density at radius 2 is 1.27 bits per heavy atom. The number of hydrogen-bond acceptors (Lipinski definition) is 10. The molecular formula is C30H47NO9. The first-order valence-corrected chi connectivity index (χ1v) is 13.9. The number of ether oxygens (including phenoxy) is 5. The van der Waals surface area contributed by atoms with Gasteiger partial charge in [0.15, 0.2) is 11.5 Å². The predicted octanol–water partition coefficient (Wildman–Crippen LogP) is 5.51. The number of esters is 3. The second-order valence-electron chi connectivity index (χ2n) is 11.4. The quantitative estimate of drug-likeness (QED) is 0.227. The maximum absolute atomic E-state index is 12.8. The van der Waals surface area contributed by atoms with Crippen molar-refractivity contribution in [2.75, 3.05) is 0 Å². The first-order valence-electron chi connectivity index (χ1n) is 13.9. The molecule has 0 aliphatic carbocycles. The lowest BCUT2D eigenvalue weighted by molar-refractivity contribution is -0.155. The summed E-state index contributed by atoms with van der Waals surface area (Å²) in [6, 6.07) is 3.61. The molecule has 10 heteroatoms. The second kappa shape index (κ2) is 15.0. The molecule has 0 fully saturated rings. The maximum Gasteiger partial charge on any atom is 0.508 e. The molecule has 1 aromatic rings. The Balaban J connectivity index is 3.03. The van der Waals surface area contributed by atoms with E-state index in [1.54, 1.807) is 54.5 Å². The number of hydrogen-bond donors (Lipinski definition) is 1. The van der Waals surface area contributed by atoms with Gasteiger partial charge in [0.2, 0.25) is 0 Å². The van der Waals surface area contributed by atoms with Crippen LogP contribution in [0.4, 0.5) is 4.79 Å². The SMILES string of the molecule is CCC(C)OC(=O)O[C@@H](C)[C@H](C)OC(=O)[C@@H](N)Cc1ccc(OC(=O)C(C)(C)CC)c(OC(=O)C(C)(C)CC)c1. The number of rotatable bonds is 14. The third-order valence-electron chi connectivity index (χ3n) is 7.16. The van der Waals surface area contributed by atoms with Gasteiger partial charge in [-0.25, -0.2) is 4.79 Å². The molecule has 0 amide bonds. The van der Waals surface area contributed by atoms with E-state index in [1.165, 1.54) is 12.1 Å². The highest BCUT2D eigenvalue weighted by Gasteiger charge is 2.32. The predicted molar refractivity (Wildman–Crippen MR) is 150 cm³/mol. The summed E-state index contributed by atoms with van der Waals surface area (Å²) in [4.78, 5) is 50.1. The van der Waals surface area contributed by atoms with Gasteiger partial charge in [0.1, 0.15) is 24.4 Å². The van der Waals surface area contributed by atoms with E-state index in [9.17, 15) is 19.2 Å². The van der Waals surface area contributed by atoms with E-state index in [0.29, 0.717) is 24.8 Å². The van der Waals surface area contributed by atoms with Crippen LogP contribution in [0.25, 0.3) is 0 Å². The van der Waals surface area contributed by atoms with E-state index in [2.05, 4.69) is 0 Å². The summed E-state index contributed by atoms with van der Waals surface area (Å²) in [5.74, 6) is -1.51. The van der Waals surface area contributed by atoms with Gasteiger partial charge in [0, 0.05) is 0 Å². The van der Waals surface area contributed by atoms with Crippen molar-refractivity contribution in [1.29, 1.82) is 0 Å². The highest BCUT2D eigenvalue weighted by molar-refractivity contribution is 5.81. The highest BCUT2D eigenvalue weighted by Crippen LogP contribution is 2.34. The summed E-state index contributed by atoms with van der Waals surface area (Å²) in [5.41, 5.74) is 5.17. The van der Waals surface area contributed by atoms with Gasteiger partial charge in [-0.3, -0.25) is 14.4 Å². The molecule has 0 aromatic heterocycles. The van der Waals surface area contributed by atoms with E-state index in [4.69, 9.17) is 29.4 Å². The van der Waals surface area contributed by atoms with E-state index >= 15 is 0 Å². The van der Waals surface area contributed by atoms with Gasteiger partial charge < -0.3 is 29.4 Å². The molecule has 10 nitrogen and oxygen atoms in total. The van der Waals surface area contributed by atoms with Crippen molar-refractivity contribution in [3.8, 4) is 11.5 Å². The van der Waals surface area contributed by atoms with E-state index in [-0.39, 0.29) is 24.0 Å². The Morgan fingerprint density at radius 3 is 1.77 bits per heavy atom. The minimum absolute atomic E-state index is 0.0489. The van der Waals surface area contributed by atoms with Gasteiger partial charge in [-0.1, -0.05) is 26.8 Å². The Bertz CT molecular complexity index is 1030. The average molecular weight is 566 g/mol. The van der Waals surface area contributed by atoms with E-state index in [1.807, 2.05) is 20.8 Å². The molecular weight excluding hydrogens is 518 g/mol. The normalized spacial score (nSPS) is 14.8. The van der Waals surface area contributed by atoms with Crippen LogP contribution in [-0.2, 0) is 35.0 Å². The van der Waals surface area contributed by atoms with Gasteiger partial charge in [0.25, 0.3) is 0 Å². The summed E-state index contributed by atoms with van der Waals surface area (Å²) in [6.45, 7) is 17.6. The van der Waals surface area contributed by atoms with Crippen molar-refractivity contribution in [2.45, 2.75) is 119 Å². The Hall–Kier alpha value is -3.14. The van der Waals surface area contributed by atoms with Crippen LogP contribution in [0, 0.1) is 10.8 Å². The second-order valence-corrected chi connectivity index (χ2v) is 11.4. The standard InChI is InChI=1S/C30H47NO9/c1-11-18(4)36-28(35)38-20(6)19(5)37-25(32)22(31)16-21-14-15-23(39-26(33)29(7,8)12-2)24(17-21)40-27(34)30(9,10)13-3/h14-15,17-20,22H,11-13,16,31H2,1-10H3/t18?,19-,20-,22-/m0/s1. The number of nitrogens with two attached hydrogens (primary N) is 1. The molecule has 0 saturated carbocycles. The van der Waals surface area contributed by atoms with E-state index < -0.39 is 53.1 Å². The zero-order chi connectivity index (χ0) is 30.8. The summed E-state index contributed by atoms with van der Waals surface area (Å²) >= 11 is 0. The van der Waals surface area contributed by atoms with Gasteiger partial charge in [-0.15, -0.1) is 0 Å². The van der Waals surface area contributed by atoms with Crippen LogP contribution in [0.15, 0.2) is 18.2 Å². The molecule has 0 spiro atoms. The van der Waals surface area contributed by atoms with Crippen LogP contribution in [-0.4, -0.2) is 48.4 Å². The van der Waals surface area contributed by atoms with Crippen LogP contribution in [0.5, 0.6) is 11.5 Å². The van der Waals surface area contributed by atoms with Gasteiger partial charge in [-0.2, -0.15) is 0 Å². The lowest BCUT2D eigenvalue weighted by atomic mass is 9.90. The van der Waals surface area contributed by atoms with Crippen LogP contribution < -0.4 is 15.2 Å². The molecule has 0 heterocycles. The third kappa shape index (κ3) is 10.4. The molecule has 40 heavy (non-hydrogen) atoms. The fourth-order valence-corrected chi connectivity index (χ4v) is 2.83. The van der Waals surface area contributed by atoms with Crippen LogP contribution >= 0.6 is 0 Å². The first-order chi connectivity index (χ1) is 18.5. The topological polar surface area (TPSA) is 140 Å². The van der Waals surface area contributed by atoms with Crippen molar-refractivity contribution in [2.24, 2.45) is 16.6 Å². The van der Waals surface area contributed by atoms with Crippen molar-refractivity contribution < 1.29 is 42.9 Å². The molecule has 226 valence electrons. The smallest absolute Gasteiger partial charge is 0.458 e. The lowest BCUT2D eigenvalue weighted by Crippen LogP contribution is -2.39. The Kier molecular flexibility index (Phi) is 13.1. The minimum Gasteiger partial charge on any atom is -0.458 e. The molecule has 0 aliphatic heterocycles.